The standard InChI is InChI=1S/C32H27ClOP/c33-31-24-14-13-23-30(31)32(34,26-15-5-1-6-16-26)25-35(27-17-7-2-8-18-27,28-19-9-3-10-20-28)29-21-11-4-12-22-29/h1-24,34H,25H2/q+1/t32-/m0/s1. The van der Waals surface area contributed by atoms with Crippen LogP contribution in [0.3, 0.4) is 0 Å². The van der Waals surface area contributed by atoms with Gasteiger partial charge in [0, 0.05) is 10.6 Å². The summed E-state index contributed by atoms with van der Waals surface area (Å²) in [6, 6.07) is 49.5. The molecule has 5 rings (SSSR count). The van der Waals surface area contributed by atoms with Crippen LogP contribution in [0.15, 0.2) is 146 Å². The molecular weight excluding hydrogens is 467 g/mol. The molecule has 5 aromatic rings. The first-order chi connectivity index (χ1) is 17.1. The average molecular weight is 494 g/mol. The fraction of sp³-hybridized carbons (Fsp3) is 0.0625. The quantitative estimate of drug-likeness (QED) is 0.254. The zero-order valence-corrected chi connectivity index (χ0v) is 21.0. The van der Waals surface area contributed by atoms with Crippen LogP contribution >= 0.6 is 18.9 Å². The van der Waals surface area contributed by atoms with Gasteiger partial charge < -0.3 is 5.11 Å². The summed E-state index contributed by atoms with van der Waals surface area (Å²) < 4.78 is 0. The first-order valence-electron chi connectivity index (χ1n) is 11.7. The molecule has 0 spiro atoms. The van der Waals surface area contributed by atoms with Crippen LogP contribution in [0.5, 0.6) is 0 Å². The number of hydrogen-bond acceptors (Lipinski definition) is 1. The molecule has 3 heteroatoms. The van der Waals surface area contributed by atoms with E-state index < -0.39 is 12.9 Å². The second-order valence-corrected chi connectivity index (χ2v) is 12.6. The molecule has 1 N–H and O–H groups in total. The van der Waals surface area contributed by atoms with Crippen molar-refractivity contribution in [3.8, 4) is 0 Å². The molecule has 0 aliphatic rings. The zero-order valence-electron chi connectivity index (χ0n) is 19.3. The van der Waals surface area contributed by atoms with Crippen LogP contribution < -0.4 is 15.9 Å². The number of aliphatic hydroxyl groups is 1. The minimum atomic E-state index is -2.33. The third-order valence-electron chi connectivity index (χ3n) is 6.63. The predicted molar refractivity (Wildman–Crippen MR) is 151 cm³/mol. The molecule has 0 heterocycles. The zero-order chi connectivity index (χ0) is 24.1. The van der Waals surface area contributed by atoms with E-state index in [1.54, 1.807) is 0 Å². The Kier molecular flexibility index (Phi) is 6.84. The molecule has 0 saturated carbocycles. The highest BCUT2D eigenvalue weighted by molar-refractivity contribution is 7.95. The van der Waals surface area contributed by atoms with Crippen molar-refractivity contribution in [3.63, 3.8) is 0 Å². The topological polar surface area (TPSA) is 20.2 Å². The Morgan fingerprint density at radius 2 is 0.886 bits per heavy atom. The monoisotopic (exact) mass is 493 g/mol. The van der Waals surface area contributed by atoms with Crippen molar-refractivity contribution < 1.29 is 5.11 Å². The van der Waals surface area contributed by atoms with Crippen LogP contribution in [0.2, 0.25) is 5.02 Å². The van der Waals surface area contributed by atoms with Gasteiger partial charge in [-0.15, -0.1) is 0 Å². The molecule has 0 radical (unpaired) electrons. The molecule has 5 aromatic carbocycles. The third kappa shape index (κ3) is 4.44. The summed E-state index contributed by atoms with van der Waals surface area (Å²) in [6.45, 7) is 0. The highest BCUT2D eigenvalue weighted by Crippen LogP contribution is 2.60. The van der Waals surface area contributed by atoms with E-state index in [1.165, 1.54) is 15.9 Å². The maximum Gasteiger partial charge on any atom is 0.151 e. The molecule has 1 nitrogen and oxygen atoms in total. The molecule has 35 heavy (non-hydrogen) atoms. The number of halogens is 1. The van der Waals surface area contributed by atoms with Gasteiger partial charge in [0.05, 0.1) is 0 Å². The molecule has 1 atom stereocenters. The Morgan fingerprint density at radius 1 is 0.514 bits per heavy atom. The smallest absolute Gasteiger partial charge is 0.151 e. The normalized spacial score (nSPS) is 13.2. The molecule has 0 unspecified atom stereocenters. The molecular formula is C32H27ClOP+. The van der Waals surface area contributed by atoms with Gasteiger partial charge in [-0.2, -0.15) is 0 Å². The summed E-state index contributed by atoms with van der Waals surface area (Å²) in [5, 5.41) is 17.0. The molecule has 0 amide bonds. The largest absolute Gasteiger partial charge is 0.376 e. The van der Waals surface area contributed by atoms with E-state index in [-0.39, 0.29) is 0 Å². The fourth-order valence-electron chi connectivity index (χ4n) is 4.95. The molecule has 0 aliphatic heterocycles. The maximum absolute atomic E-state index is 12.8. The van der Waals surface area contributed by atoms with Crippen molar-refractivity contribution in [1.82, 2.24) is 0 Å². The van der Waals surface area contributed by atoms with Gasteiger partial charge in [0.2, 0.25) is 0 Å². The van der Waals surface area contributed by atoms with Crippen LogP contribution in [0.4, 0.5) is 0 Å². The van der Waals surface area contributed by atoms with Crippen molar-refractivity contribution in [2.45, 2.75) is 5.60 Å². The molecule has 0 saturated heterocycles. The summed E-state index contributed by atoms with van der Waals surface area (Å²) in [6.07, 6.45) is 0.478. The van der Waals surface area contributed by atoms with Crippen molar-refractivity contribution in [3.05, 3.63) is 162 Å². The van der Waals surface area contributed by atoms with Gasteiger partial charge in [-0.1, -0.05) is 115 Å². The summed E-state index contributed by atoms with van der Waals surface area (Å²) in [5.74, 6) is 0. The van der Waals surface area contributed by atoms with E-state index in [4.69, 9.17) is 11.6 Å². The molecule has 172 valence electrons. The Balaban J connectivity index is 1.85. The Morgan fingerprint density at radius 3 is 1.31 bits per heavy atom. The lowest BCUT2D eigenvalue weighted by Gasteiger charge is -2.37. The average Bonchev–Trinajstić information content (AvgIpc) is 2.94. The summed E-state index contributed by atoms with van der Waals surface area (Å²) >= 11 is 6.78. The number of rotatable bonds is 7. The molecule has 0 aromatic heterocycles. The Labute approximate surface area is 213 Å². The van der Waals surface area contributed by atoms with Crippen molar-refractivity contribution >= 4 is 34.8 Å². The van der Waals surface area contributed by atoms with Crippen LogP contribution in [-0.4, -0.2) is 11.3 Å². The van der Waals surface area contributed by atoms with E-state index >= 15 is 0 Å². The highest BCUT2D eigenvalue weighted by atomic mass is 35.5. The third-order valence-corrected chi connectivity index (χ3v) is 11.4. The Hall–Kier alpha value is -3.22. The van der Waals surface area contributed by atoms with Gasteiger partial charge in [0.1, 0.15) is 29.3 Å². The van der Waals surface area contributed by atoms with Gasteiger partial charge in [0.25, 0.3) is 0 Å². The molecule has 0 bridgehead atoms. The summed E-state index contributed by atoms with van der Waals surface area (Å²) in [7, 11) is -2.33. The van der Waals surface area contributed by atoms with E-state index in [2.05, 4.69) is 72.8 Å². The van der Waals surface area contributed by atoms with Gasteiger partial charge in [0.15, 0.2) is 5.60 Å². The molecule has 0 aliphatic carbocycles. The summed E-state index contributed by atoms with van der Waals surface area (Å²) in [4.78, 5) is 0. The fourth-order valence-corrected chi connectivity index (χ4v) is 9.77. The first kappa shape index (κ1) is 23.5. The van der Waals surface area contributed by atoms with Crippen molar-refractivity contribution in [2.24, 2.45) is 0 Å². The van der Waals surface area contributed by atoms with Crippen molar-refractivity contribution in [1.29, 1.82) is 0 Å². The van der Waals surface area contributed by atoms with Gasteiger partial charge in [-0.25, -0.2) is 0 Å². The van der Waals surface area contributed by atoms with Gasteiger partial charge in [-0.05, 0) is 48.0 Å². The van der Waals surface area contributed by atoms with Crippen molar-refractivity contribution in [2.75, 3.05) is 6.16 Å². The van der Waals surface area contributed by atoms with Crippen LogP contribution in [0.25, 0.3) is 0 Å². The maximum atomic E-state index is 12.8. The second kappa shape index (κ2) is 10.2. The lowest BCUT2D eigenvalue weighted by Crippen LogP contribution is -2.43. The van der Waals surface area contributed by atoms with Gasteiger partial charge >= 0.3 is 0 Å². The van der Waals surface area contributed by atoms with Crippen LogP contribution in [-0.2, 0) is 5.60 Å². The number of hydrogen-bond donors (Lipinski definition) is 1. The van der Waals surface area contributed by atoms with E-state index in [1.807, 2.05) is 72.8 Å². The van der Waals surface area contributed by atoms with Gasteiger partial charge in [-0.3, -0.25) is 0 Å². The van der Waals surface area contributed by atoms with E-state index in [0.29, 0.717) is 11.2 Å². The second-order valence-electron chi connectivity index (χ2n) is 8.68. The van der Waals surface area contributed by atoms with Crippen LogP contribution in [0, 0.1) is 0 Å². The minimum Gasteiger partial charge on any atom is -0.376 e. The minimum absolute atomic E-state index is 0.478. The highest BCUT2D eigenvalue weighted by Gasteiger charge is 2.53. The van der Waals surface area contributed by atoms with Crippen LogP contribution in [0.1, 0.15) is 11.1 Å². The van der Waals surface area contributed by atoms with E-state index in [0.717, 1.165) is 11.1 Å². The lowest BCUT2D eigenvalue weighted by atomic mass is 9.88. The molecule has 0 fully saturated rings. The first-order valence-corrected chi connectivity index (χ1v) is 14.1. The SMILES string of the molecule is O[C@@](C[P+](c1ccccc1)(c1ccccc1)c1ccccc1)(c1ccccc1)c1ccccc1Cl. The number of benzene rings is 5. The summed E-state index contributed by atoms with van der Waals surface area (Å²) in [5.41, 5.74) is 0.245. The predicted octanol–water partition coefficient (Wildman–Crippen LogP) is 6.57. The lowest BCUT2D eigenvalue weighted by molar-refractivity contribution is 0.106. The Bertz CT molecular complexity index is 1280. The van der Waals surface area contributed by atoms with E-state index in [9.17, 15) is 5.11 Å².